The fourth-order valence-electron chi connectivity index (χ4n) is 6.33. The molecule has 184 valence electrons. The smallest absolute Gasteiger partial charge is 0.189 e. The molecule has 6 atom stereocenters. The quantitative estimate of drug-likeness (QED) is 0.377. The normalized spacial score (nSPS) is 27.5. The first-order chi connectivity index (χ1) is 17.6. The van der Waals surface area contributed by atoms with Crippen molar-refractivity contribution in [2.75, 3.05) is 25.5 Å². The van der Waals surface area contributed by atoms with E-state index in [1.54, 1.807) is 7.11 Å². The number of hydrogen-bond acceptors (Lipinski definition) is 5. The molecule has 5 nitrogen and oxygen atoms in total. The summed E-state index contributed by atoms with van der Waals surface area (Å²) in [6, 6.07) is 19.1. The molecule has 3 fully saturated rings. The maximum atomic E-state index is 13.7. The molecule has 0 radical (unpaired) electrons. The van der Waals surface area contributed by atoms with Crippen molar-refractivity contribution < 1.29 is 14.6 Å². The first-order valence-corrected chi connectivity index (χ1v) is 12.8. The second-order valence-electron chi connectivity index (χ2n) is 10.3. The summed E-state index contributed by atoms with van der Waals surface area (Å²) in [7, 11) is 1.64. The summed E-state index contributed by atoms with van der Waals surface area (Å²) in [4.78, 5) is 16.1. The van der Waals surface area contributed by atoms with Gasteiger partial charge in [0.05, 0.1) is 13.2 Å². The first-order valence-electron chi connectivity index (χ1n) is 12.8. The van der Waals surface area contributed by atoms with Crippen molar-refractivity contribution in [1.29, 1.82) is 0 Å². The third kappa shape index (κ3) is 3.93. The maximum Gasteiger partial charge on any atom is 0.189 e. The molecule has 7 rings (SSSR count). The Morgan fingerprint density at radius 3 is 2.75 bits per heavy atom. The molecule has 3 aromatic carbocycles. The van der Waals surface area contributed by atoms with E-state index in [0.717, 1.165) is 59.3 Å². The van der Waals surface area contributed by atoms with E-state index < -0.39 is 12.1 Å². The van der Waals surface area contributed by atoms with Crippen LogP contribution in [0.3, 0.4) is 0 Å². The van der Waals surface area contributed by atoms with Crippen LogP contribution in [0.25, 0.3) is 16.3 Å². The number of aliphatic hydroxyl groups is 1. The summed E-state index contributed by atoms with van der Waals surface area (Å²) in [5.74, 6) is 1.75. The number of hydrogen-bond donors (Lipinski definition) is 2. The number of Topliss-reactive ketones (excluding diaryl/α,β-unsaturated/α-hetero) is 1. The van der Waals surface area contributed by atoms with Gasteiger partial charge >= 0.3 is 0 Å². The second-order valence-corrected chi connectivity index (χ2v) is 10.3. The van der Waals surface area contributed by atoms with Crippen molar-refractivity contribution >= 4 is 27.8 Å². The molecule has 3 aromatic rings. The van der Waals surface area contributed by atoms with Crippen LogP contribution in [0.5, 0.6) is 5.75 Å². The van der Waals surface area contributed by atoms with Gasteiger partial charge in [-0.1, -0.05) is 42.5 Å². The molecule has 0 saturated carbocycles. The van der Waals surface area contributed by atoms with Gasteiger partial charge < -0.3 is 15.2 Å². The predicted octanol–water partition coefficient (Wildman–Crippen LogP) is 5.17. The highest BCUT2D eigenvalue weighted by Crippen LogP contribution is 2.43. The summed E-state index contributed by atoms with van der Waals surface area (Å²) in [5, 5.41) is 17.3. The molecule has 0 aromatic heterocycles. The van der Waals surface area contributed by atoms with Gasteiger partial charge in [0.1, 0.15) is 11.8 Å². The number of carbonyl (C=O) groups excluding carboxylic acids is 1. The number of carbonyl (C=O) groups is 1. The van der Waals surface area contributed by atoms with Crippen LogP contribution in [0.15, 0.2) is 79.4 Å². The van der Waals surface area contributed by atoms with Crippen molar-refractivity contribution in [2.45, 2.75) is 31.0 Å². The minimum atomic E-state index is -0.696. The number of fused-ring (bicyclic) bond motifs is 5. The van der Waals surface area contributed by atoms with Crippen LogP contribution in [-0.2, 0) is 0 Å². The Labute approximate surface area is 212 Å². The van der Waals surface area contributed by atoms with Crippen molar-refractivity contribution in [1.82, 2.24) is 4.90 Å². The number of benzene rings is 3. The van der Waals surface area contributed by atoms with Gasteiger partial charge in [-0.3, -0.25) is 9.69 Å². The Balaban J connectivity index is 1.36. The molecule has 2 bridgehead atoms. The molecule has 5 heteroatoms. The van der Waals surface area contributed by atoms with Crippen LogP contribution in [0, 0.1) is 11.8 Å². The Morgan fingerprint density at radius 1 is 1.17 bits per heavy atom. The number of ketones is 1. The number of methoxy groups -OCH3 is 1. The zero-order chi connectivity index (χ0) is 24.8. The summed E-state index contributed by atoms with van der Waals surface area (Å²) in [6.07, 6.45) is 5.39. The molecule has 0 amide bonds. The lowest BCUT2D eigenvalue weighted by Crippen LogP contribution is -2.57. The van der Waals surface area contributed by atoms with Crippen LogP contribution < -0.4 is 10.1 Å². The van der Waals surface area contributed by atoms with Crippen molar-refractivity contribution in [3.05, 3.63) is 90.5 Å². The van der Waals surface area contributed by atoms with Gasteiger partial charge in [0.15, 0.2) is 5.78 Å². The van der Waals surface area contributed by atoms with Crippen molar-refractivity contribution in [3.63, 3.8) is 0 Å². The minimum Gasteiger partial charge on any atom is -0.497 e. The SMILES string of the molecule is C=C[C@H]1CN2CC[C@H]1C[C@@H]2[C@@H](O)C1=CC(C(=O)c2ccc3ccccc3c2)Nc2ccc(OC)cc21. The molecule has 2 N–H and O–H groups in total. The van der Waals surface area contributed by atoms with E-state index >= 15 is 0 Å². The summed E-state index contributed by atoms with van der Waals surface area (Å²) in [6.45, 7) is 5.96. The average Bonchev–Trinajstić information content (AvgIpc) is 2.95. The monoisotopic (exact) mass is 480 g/mol. The van der Waals surface area contributed by atoms with Gasteiger partial charge in [0, 0.05) is 29.4 Å². The maximum absolute atomic E-state index is 13.7. The molecule has 3 saturated heterocycles. The molecule has 0 aliphatic carbocycles. The lowest BCUT2D eigenvalue weighted by molar-refractivity contribution is -0.0254. The summed E-state index contributed by atoms with van der Waals surface area (Å²) in [5.41, 5.74) is 3.19. The third-order valence-electron chi connectivity index (χ3n) is 8.35. The van der Waals surface area contributed by atoms with Gasteiger partial charge in [-0.05, 0) is 77.9 Å². The Bertz CT molecular complexity index is 1360. The first kappa shape index (κ1) is 23.0. The van der Waals surface area contributed by atoms with Crippen LogP contribution in [0.4, 0.5) is 5.69 Å². The highest BCUT2D eigenvalue weighted by molar-refractivity contribution is 6.07. The van der Waals surface area contributed by atoms with E-state index in [2.05, 4.69) is 22.9 Å². The number of nitrogens with one attached hydrogen (secondary N) is 1. The lowest BCUT2D eigenvalue weighted by Gasteiger charge is -2.51. The topological polar surface area (TPSA) is 61.8 Å². The number of piperidine rings is 3. The van der Waals surface area contributed by atoms with Crippen LogP contribution in [-0.4, -0.2) is 54.2 Å². The second kappa shape index (κ2) is 9.23. The third-order valence-corrected chi connectivity index (χ3v) is 8.35. The van der Waals surface area contributed by atoms with E-state index in [1.165, 1.54) is 0 Å². The van der Waals surface area contributed by atoms with Gasteiger partial charge in [-0.15, -0.1) is 6.58 Å². The zero-order valence-corrected chi connectivity index (χ0v) is 20.6. The summed E-state index contributed by atoms with van der Waals surface area (Å²) < 4.78 is 5.49. The van der Waals surface area contributed by atoms with Crippen molar-refractivity contribution in [2.24, 2.45) is 11.8 Å². The minimum absolute atomic E-state index is 0.0101. The van der Waals surface area contributed by atoms with E-state index in [9.17, 15) is 9.90 Å². The molecular formula is C31H32N2O3. The number of ether oxygens (including phenoxy) is 1. The number of aliphatic hydroxyl groups excluding tert-OH is 1. The summed E-state index contributed by atoms with van der Waals surface area (Å²) >= 11 is 0. The van der Waals surface area contributed by atoms with E-state index in [-0.39, 0.29) is 11.8 Å². The standard InChI is InChI=1S/C31H32N2O3/c1-3-19-18-33-13-12-22(19)15-29(33)31(35)26-17-28(32-27-11-10-24(36-2)16-25(26)27)30(34)23-9-8-20-6-4-5-7-21(20)14-23/h3-11,14,16-17,19,22,28-29,31-32,35H,1,12-13,15,18H2,2H3/t19-,22-,28?,29+,31-/m0/s1. The van der Waals surface area contributed by atoms with Gasteiger partial charge in [-0.2, -0.15) is 0 Å². The number of nitrogens with zero attached hydrogens (tertiary/aromatic N) is 1. The molecule has 0 spiro atoms. The Hall–Kier alpha value is -3.41. The van der Waals surface area contributed by atoms with Gasteiger partial charge in [-0.25, -0.2) is 0 Å². The van der Waals surface area contributed by atoms with Crippen LogP contribution in [0.2, 0.25) is 0 Å². The van der Waals surface area contributed by atoms with Crippen LogP contribution in [0.1, 0.15) is 28.8 Å². The van der Waals surface area contributed by atoms with Gasteiger partial charge in [0.25, 0.3) is 0 Å². The fourth-order valence-corrected chi connectivity index (χ4v) is 6.33. The fraction of sp³-hybridized carbons (Fsp3) is 0.323. The largest absolute Gasteiger partial charge is 0.497 e. The average molecular weight is 481 g/mol. The molecule has 2 unspecified atom stereocenters. The molecular weight excluding hydrogens is 448 g/mol. The highest BCUT2D eigenvalue weighted by atomic mass is 16.5. The molecule has 36 heavy (non-hydrogen) atoms. The van der Waals surface area contributed by atoms with E-state index in [1.807, 2.05) is 66.7 Å². The predicted molar refractivity (Wildman–Crippen MR) is 144 cm³/mol. The van der Waals surface area contributed by atoms with E-state index in [4.69, 9.17) is 4.74 Å². The van der Waals surface area contributed by atoms with Gasteiger partial charge in [0.2, 0.25) is 0 Å². The molecule has 4 aliphatic heterocycles. The lowest BCUT2D eigenvalue weighted by atomic mass is 9.73. The zero-order valence-electron chi connectivity index (χ0n) is 20.6. The number of rotatable bonds is 6. The molecule has 4 heterocycles. The Morgan fingerprint density at radius 2 is 2.00 bits per heavy atom. The molecule has 4 aliphatic rings. The Kier molecular flexibility index (Phi) is 5.90. The highest BCUT2D eigenvalue weighted by Gasteiger charge is 2.43. The van der Waals surface area contributed by atoms with E-state index in [0.29, 0.717) is 17.4 Å². The van der Waals surface area contributed by atoms with Crippen molar-refractivity contribution in [3.8, 4) is 5.75 Å². The van der Waals surface area contributed by atoms with Crippen LogP contribution >= 0.6 is 0 Å². The number of anilines is 1.